The number of carbonyl (C=O) groups is 1. The zero-order valence-electron chi connectivity index (χ0n) is 19.5. The average Bonchev–Trinajstić information content (AvgIpc) is 2.85. The predicted octanol–water partition coefficient (Wildman–Crippen LogP) is 4.50. The number of nitrogens with one attached hydrogen (secondary N) is 2. The molecule has 1 saturated heterocycles. The van der Waals surface area contributed by atoms with Crippen LogP contribution in [0.1, 0.15) is 24.5 Å². The normalized spacial score (nSPS) is 14.3. The van der Waals surface area contributed by atoms with Gasteiger partial charge in [-0.05, 0) is 54.1 Å². The maximum Gasteiger partial charge on any atom is 0.322 e. The number of H-pyrrole nitrogens is 1. The molecule has 2 aromatic carbocycles. The number of amides is 2. The van der Waals surface area contributed by atoms with Crippen molar-refractivity contribution in [2.75, 3.05) is 44.7 Å². The Morgan fingerprint density at radius 2 is 1.97 bits per heavy atom. The third-order valence-electron chi connectivity index (χ3n) is 6.16. The molecule has 180 valence electrons. The van der Waals surface area contributed by atoms with Gasteiger partial charge in [0.05, 0.1) is 30.5 Å². The lowest BCUT2D eigenvalue weighted by Crippen LogP contribution is -2.40. The second-order valence-corrected chi connectivity index (χ2v) is 8.95. The molecule has 2 heterocycles. The van der Waals surface area contributed by atoms with Crippen molar-refractivity contribution < 1.29 is 9.53 Å². The van der Waals surface area contributed by atoms with Crippen molar-refractivity contribution in [3.05, 3.63) is 75.0 Å². The Morgan fingerprint density at radius 3 is 2.74 bits per heavy atom. The van der Waals surface area contributed by atoms with Gasteiger partial charge in [0.15, 0.2) is 0 Å². The molecule has 0 aliphatic carbocycles. The Morgan fingerprint density at radius 1 is 1.18 bits per heavy atom. The van der Waals surface area contributed by atoms with E-state index in [2.05, 4.69) is 28.2 Å². The molecule has 2 N–H and O–H groups in total. The van der Waals surface area contributed by atoms with Crippen molar-refractivity contribution in [3.8, 4) is 0 Å². The number of morpholine rings is 1. The summed E-state index contributed by atoms with van der Waals surface area (Å²) in [6.07, 6.45) is 1.71. The lowest BCUT2D eigenvalue weighted by Gasteiger charge is -2.28. The van der Waals surface area contributed by atoms with Gasteiger partial charge in [-0.2, -0.15) is 0 Å². The summed E-state index contributed by atoms with van der Waals surface area (Å²) in [6.45, 7) is 6.97. The highest BCUT2D eigenvalue weighted by Crippen LogP contribution is 2.21. The minimum absolute atomic E-state index is 0.180. The summed E-state index contributed by atoms with van der Waals surface area (Å²) in [5.41, 5.74) is 2.92. The number of pyridine rings is 1. The smallest absolute Gasteiger partial charge is 0.322 e. The van der Waals surface area contributed by atoms with E-state index in [-0.39, 0.29) is 18.1 Å². The number of hydrogen-bond donors (Lipinski definition) is 2. The van der Waals surface area contributed by atoms with E-state index in [1.165, 1.54) is 5.56 Å². The lowest BCUT2D eigenvalue weighted by atomic mass is 10.1. The third-order valence-corrected chi connectivity index (χ3v) is 6.49. The van der Waals surface area contributed by atoms with Crippen LogP contribution in [0.4, 0.5) is 10.5 Å². The van der Waals surface area contributed by atoms with Crippen LogP contribution >= 0.6 is 11.6 Å². The largest absolute Gasteiger partial charge is 0.379 e. The molecule has 0 saturated carbocycles. The number of aryl methyl sites for hydroxylation is 1. The third kappa shape index (κ3) is 6.17. The first kappa shape index (κ1) is 24.3. The van der Waals surface area contributed by atoms with Crippen molar-refractivity contribution in [1.82, 2.24) is 14.8 Å². The van der Waals surface area contributed by atoms with Gasteiger partial charge in [0.2, 0.25) is 0 Å². The lowest BCUT2D eigenvalue weighted by molar-refractivity contribution is 0.0365. The van der Waals surface area contributed by atoms with E-state index in [9.17, 15) is 9.59 Å². The Hall–Kier alpha value is -2.87. The maximum absolute atomic E-state index is 13.2. The van der Waals surface area contributed by atoms with Gasteiger partial charge in [-0.25, -0.2) is 4.79 Å². The fraction of sp³-hybridized carbons (Fsp3) is 0.385. The predicted molar refractivity (Wildman–Crippen MR) is 137 cm³/mol. The molecule has 2 amide bonds. The highest BCUT2D eigenvalue weighted by molar-refractivity contribution is 6.33. The molecule has 0 unspecified atom stereocenters. The number of anilines is 1. The topological polar surface area (TPSA) is 77.7 Å². The van der Waals surface area contributed by atoms with E-state index >= 15 is 0 Å². The molecule has 4 rings (SSSR count). The molecule has 0 radical (unpaired) electrons. The monoisotopic (exact) mass is 482 g/mol. The van der Waals surface area contributed by atoms with Gasteiger partial charge in [0.1, 0.15) is 0 Å². The number of para-hydroxylation sites is 1. The number of aromatic nitrogens is 1. The number of benzene rings is 2. The maximum atomic E-state index is 13.2. The fourth-order valence-corrected chi connectivity index (χ4v) is 4.35. The molecular formula is C26H31ClN4O3. The number of fused-ring (bicyclic) bond motifs is 1. The zero-order chi connectivity index (χ0) is 23.9. The summed E-state index contributed by atoms with van der Waals surface area (Å²) in [7, 11) is 0. The van der Waals surface area contributed by atoms with Crippen LogP contribution in [0.2, 0.25) is 5.02 Å². The van der Waals surface area contributed by atoms with Gasteiger partial charge in [-0.1, -0.05) is 36.7 Å². The standard InChI is InChI=1S/C26H31ClN4O3/c1-2-19-8-9-23-20(16-19)17-21(25(32)28-23)18-31(11-5-10-30-12-14-34-15-13-30)26(33)29-24-7-4-3-6-22(24)27/h3-4,6-9,16-17H,2,5,10-15,18H2,1H3,(H,28,32)(H,29,33). The second kappa shape index (κ2) is 11.5. The number of hydrogen-bond acceptors (Lipinski definition) is 4. The number of halogens is 1. The molecule has 0 atom stereocenters. The van der Waals surface area contributed by atoms with Crippen LogP contribution in [-0.2, 0) is 17.7 Å². The van der Waals surface area contributed by atoms with Crippen molar-refractivity contribution in [1.29, 1.82) is 0 Å². The summed E-state index contributed by atoms with van der Waals surface area (Å²) < 4.78 is 5.42. The van der Waals surface area contributed by atoms with Crippen LogP contribution in [0.15, 0.2) is 53.3 Å². The Balaban J connectivity index is 1.53. The van der Waals surface area contributed by atoms with Gasteiger partial charge in [-0.15, -0.1) is 0 Å². The average molecular weight is 483 g/mol. The van der Waals surface area contributed by atoms with Gasteiger partial charge >= 0.3 is 6.03 Å². The SMILES string of the molecule is CCc1ccc2[nH]c(=O)c(CN(CCCN3CCOCC3)C(=O)Nc3ccccc3Cl)cc2c1. The number of urea groups is 1. The van der Waals surface area contributed by atoms with E-state index in [0.29, 0.717) is 22.8 Å². The molecule has 7 nitrogen and oxygen atoms in total. The summed E-state index contributed by atoms with van der Waals surface area (Å²) in [6, 6.07) is 14.8. The highest BCUT2D eigenvalue weighted by Gasteiger charge is 2.18. The number of ether oxygens (including phenoxy) is 1. The van der Waals surface area contributed by atoms with E-state index in [1.54, 1.807) is 17.0 Å². The molecule has 0 bridgehead atoms. The highest BCUT2D eigenvalue weighted by atomic mass is 35.5. The van der Waals surface area contributed by atoms with Crippen molar-refractivity contribution in [2.24, 2.45) is 0 Å². The van der Waals surface area contributed by atoms with Crippen molar-refractivity contribution in [3.63, 3.8) is 0 Å². The van der Waals surface area contributed by atoms with Gasteiger partial charge in [0.25, 0.3) is 5.56 Å². The number of nitrogens with zero attached hydrogens (tertiary/aromatic N) is 2. The van der Waals surface area contributed by atoms with E-state index in [1.807, 2.05) is 30.3 Å². The summed E-state index contributed by atoms with van der Waals surface area (Å²) in [4.78, 5) is 33.0. The molecule has 34 heavy (non-hydrogen) atoms. The minimum Gasteiger partial charge on any atom is -0.379 e. The van der Waals surface area contributed by atoms with E-state index in [0.717, 1.165) is 56.6 Å². The molecule has 1 aliphatic rings. The summed E-state index contributed by atoms with van der Waals surface area (Å²) >= 11 is 6.25. The first-order chi connectivity index (χ1) is 16.5. The van der Waals surface area contributed by atoms with Crippen LogP contribution in [-0.4, -0.2) is 60.2 Å². The molecule has 1 aromatic heterocycles. The van der Waals surface area contributed by atoms with Crippen LogP contribution in [0.3, 0.4) is 0 Å². The first-order valence-corrected chi connectivity index (χ1v) is 12.2. The Bertz CT molecular complexity index is 1190. The molecule has 0 spiro atoms. The van der Waals surface area contributed by atoms with E-state index in [4.69, 9.17) is 16.3 Å². The fourth-order valence-electron chi connectivity index (χ4n) is 4.16. The van der Waals surface area contributed by atoms with Crippen LogP contribution in [0.5, 0.6) is 0 Å². The van der Waals surface area contributed by atoms with Crippen molar-refractivity contribution in [2.45, 2.75) is 26.3 Å². The molecule has 1 fully saturated rings. The Kier molecular flexibility index (Phi) is 8.21. The Labute approximate surface area is 204 Å². The van der Waals surface area contributed by atoms with Crippen LogP contribution in [0.25, 0.3) is 10.9 Å². The summed E-state index contributed by atoms with van der Waals surface area (Å²) in [5.74, 6) is 0. The van der Waals surface area contributed by atoms with E-state index < -0.39 is 0 Å². The van der Waals surface area contributed by atoms with Crippen LogP contribution in [0, 0.1) is 0 Å². The van der Waals surface area contributed by atoms with Crippen LogP contribution < -0.4 is 10.9 Å². The number of rotatable bonds is 8. The molecular weight excluding hydrogens is 452 g/mol. The van der Waals surface area contributed by atoms with Gasteiger partial charge < -0.3 is 19.9 Å². The zero-order valence-corrected chi connectivity index (χ0v) is 20.2. The quantitative estimate of drug-likeness (QED) is 0.495. The number of carbonyl (C=O) groups excluding carboxylic acids is 1. The summed E-state index contributed by atoms with van der Waals surface area (Å²) in [5, 5.41) is 4.34. The molecule has 3 aromatic rings. The molecule has 1 aliphatic heterocycles. The first-order valence-electron chi connectivity index (χ1n) is 11.8. The van der Waals surface area contributed by atoms with Gasteiger partial charge in [0, 0.05) is 37.3 Å². The van der Waals surface area contributed by atoms with Gasteiger partial charge in [-0.3, -0.25) is 9.69 Å². The molecule has 8 heteroatoms. The second-order valence-electron chi connectivity index (χ2n) is 8.54. The van der Waals surface area contributed by atoms with Crippen molar-refractivity contribution >= 4 is 34.2 Å². The number of aromatic amines is 1. The minimum atomic E-state index is -0.281.